The van der Waals surface area contributed by atoms with E-state index in [0.29, 0.717) is 11.4 Å². The van der Waals surface area contributed by atoms with Crippen molar-refractivity contribution >= 4 is 34.0 Å². The second-order valence-electron chi connectivity index (χ2n) is 6.64. The number of para-hydroxylation sites is 1. The number of nitrogens with one attached hydrogen (secondary N) is 1. The van der Waals surface area contributed by atoms with Crippen LogP contribution < -0.4 is 15.0 Å². The van der Waals surface area contributed by atoms with Crippen molar-refractivity contribution in [3.05, 3.63) is 60.3 Å². The minimum absolute atomic E-state index is 0.133. The van der Waals surface area contributed by atoms with Crippen LogP contribution in [0.4, 0.5) is 11.5 Å². The molecule has 0 saturated heterocycles. The molecule has 28 heavy (non-hydrogen) atoms. The second-order valence-corrected chi connectivity index (χ2v) is 6.64. The smallest absolute Gasteiger partial charge is 0.243 e. The zero-order chi connectivity index (χ0) is 19.7. The van der Waals surface area contributed by atoms with Gasteiger partial charge in [-0.05, 0) is 31.2 Å². The van der Waals surface area contributed by atoms with Crippen molar-refractivity contribution in [3.63, 3.8) is 0 Å². The Morgan fingerprint density at radius 1 is 1.18 bits per heavy atom. The minimum Gasteiger partial charge on any atom is -0.497 e. The third-order valence-corrected chi connectivity index (χ3v) is 4.50. The van der Waals surface area contributed by atoms with Gasteiger partial charge in [0.2, 0.25) is 5.91 Å². The number of aryl methyl sites for hydroxylation is 1. The molecule has 0 aliphatic rings. The number of hydrogen-bond donors (Lipinski definition) is 1. The molecule has 0 saturated carbocycles. The molecule has 2 aromatic heterocycles. The summed E-state index contributed by atoms with van der Waals surface area (Å²) in [5, 5.41) is 8.36. The van der Waals surface area contributed by atoms with Crippen LogP contribution in [-0.4, -0.2) is 41.2 Å². The maximum absolute atomic E-state index is 12.6. The Labute approximate surface area is 162 Å². The molecule has 0 radical (unpaired) electrons. The van der Waals surface area contributed by atoms with Gasteiger partial charge in [-0.2, -0.15) is 5.10 Å². The highest BCUT2D eigenvalue weighted by Crippen LogP contribution is 2.25. The second kappa shape index (κ2) is 7.19. The summed E-state index contributed by atoms with van der Waals surface area (Å²) in [5.74, 6) is 1.30. The number of benzene rings is 2. The zero-order valence-corrected chi connectivity index (χ0v) is 16.0. The van der Waals surface area contributed by atoms with Crippen molar-refractivity contribution in [2.75, 3.05) is 30.9 Å². The van der Waals surface area contributed by atoms with E-state index in [1.54, 1.807) is 13.2 Å². The van der Waals surface area contributed by atoms with Gasteiger partial charge >= 0.3 is 0 Å². The molecule has 0 bridgehead atoms. The number of amides is 1. The molecule has 0 aliphatic heterocycles. The molecule has 2 aromatic carbocycles. The number of fused-ring (bicyclic) bond motifs is 3. The van der Waals surface area contributed by atoms with Crippen LogP contribution in [-0.2, 0) is 4.79 Å². The quantitative estimate of drug-likeness (QED) is 0.580. The monoisotopic (exact) mass is 375 g/mol. The normalized spacial score (nSPS) is 11.0. The summed E-state index contributed by atoms with van der Waals surface area (Å²) in [7, 11) is 3.46. The summed E-state index contributed by atoms with van der Waals surface area (Å²) in [6, 6.07) is 17.1. The predicted octanol–water partition coefficient (Wildman–Crippen LogP) is 3.27. The maximum atomic E-state index is 12.6. The van der Waals surface area contributed by atoms with Gasteiger partial charge < -0.3 is 15.0 Å². The van der Waals surface area contributed by atoms with Crippen LogP contribution in [0.3, 0.4) is 0 Å². The summed E-state index contributed by atoms with van der Waals surface area (Å²) in [5.41, 5.74) is 3.30. The lowest BCUT2D eigenvalue weighted by atomic mass is 10.2. The Kier molecular flexibility index (Phi) is 4.57. The Morgan fingerprint density at radius 2 is 2.00 bits per heavy atom. The lowest BCUT2D eigenvalue weighted by Crippen LogP contribution is -2.31. The highest BCUT2D eigenvalue weighted by Gasteiger charge is 2.15. The standard InChI is InChI=1S/C21H21N5O2/c1-14-11-19-23-21(17-9-4-5-10-18(17)26(19)24-14)25(2)13-20(27)22-15-7-6-8-16(12-15)28-3/h4-12H,13H2,1-3H3,(H,22,27). The number of anilines is 2. The summed E-state index contributed by atoms with van der Waals surface area (Å²) in [6.07, 6.45) is 0. The number of methoxy groups -OCH3 is 1. The third kappa shape index (κ3) is 3.34. The van der Waals surface area contributed by atoms with Crippen molar-refractivity contribution in [2.45, 2.75) is 6.92 Å². The van der Waals surface area contributed by atoms with E-state index in [0.717, 1.165) is 28.1 Å². The molecular formula is C21H21N5O2. The molecule has 0 atom stereocenters. The first-order valence-corrected chi connectivity index (χ1v) is 8.95. The van der Waals surface area contributed by atoms with E-state index in [1.807, 2.05) is 71.9 Å². The average Bonchev–Trinajstić information content (AvgIpc) is 3.07. The number of ether oxygens (including phenoxy) is 1. The number of hydrogen-bond acceptors (Lipinski definition) is 5. The molecule has 4 aromatic rings. The van der Waals surface area contributed by atoms with Crippen LogP contribution in [0.5, 0.6) is 5.75 Å². The molecule has 2 heterocycles. The molecule has 0 fully saturated rings. The van der Waals surface area contributed by atoms with E-state index in [1.165, 1.54) is 0 Å². The SMILES string of the molecule is COc1cccc(NC(=O)CN(C)c2nc3cc(C)nn3c3ccccc23)c1. The number of aromatic nitrogens is 3. The lowest BCUT2D eigenvalue weighted by molar-refractivity contribution is -0.114. The van der Waals surface area contributed by atoms with Gasteiger partial charge in [0, 0.05) is 30.3 Å². The highest BCUT2D eigenvalue weighted by atomic mass is 16.5. The van der Waals surface area contributed by atoms with E-state index in [2.05, 4.69) is 10.4 Å². The fraction of sp³-hybridized carbons (Fsp3) is 0.190. The van der Waals surface area contributed by atoms with E-state index >= 15 is 0 Å². The number of carbonyl (C=O) groups is 1. The number of nitrogens with zero attached hydrogens (tertiary/aromatic N) is 4. The summed E-state index contributed by atoms with van der Waals surface area (Å²) < 4.78 is 7.03. The van der Waals surface area contributed by atoms with Gasteiger partial charge in [-0.1, -0.05) is 18.2 Å². The van der Waals surface area contributed by atoms with Crippen molar-refractivity contribution in [1.29, 1.82) is 0 Å². The van der Waals surface area contributed by atoms with Gasteiger partial charge in [0.1, 0.15) is 11.6 Å². The maximum Gasteiger partial charge on any atom is 0.243 e. The van der Waals surface area contributed by atoms with Crippen molar-refractivity contribution in [3.8, 4) is 5.75 Å². The van der Waals surface area contributed by atoms with Gasteiger partial charge in [0.05, 0.1) is 24.9 Å². The van der Waals surface area contributed by atoms with Gasteiger partial charge in [-0.15, -0.1) is 0 Å². The van der Waals surface area contributed by atoms with E-state index in [9.17, 15) is 4.79 Å². The van der Waals surface area contributed by atoms with Crippen LogP contribution in [0.15, 0.2) is 54.6 Å². The zero-order valence-electron chi connectivity index (χ0n) is 16.0. The van der Waals surface area contributed by atoms with Crippen LogP contribution in [0.1, 0.15) is 5.69 Å². The summed E-state index contributed by atoms with van der Waals surface area (Å²) >= 11 is 0. The summed E-state index contributed by atoms with van der Waals surface area (Å²) in [6.45, 7) is 2.10. The number of likely N-dealkylation sites (N-methyl/N-ethyl adjacent to an activating group) is 1. The van der Waals surface area contributed by atoms with Gasteiger partial charge in [0.25, 0.3) is 0 Å². The van der Waals surface area contributed by atoms with Gasteiger partial charge in [-0.3, -0.25) is 4.79 Å². The van der Waals surface area contributed by atoms with Crippen LogP contribution in [0.25, 0.3) is 16.6 Å². The molecule has 0 unspecified atom stereocenters. The van der Waals surface area contributed by atoms with E-state index < -0.39 is 0 Å². The lowest BCUT2D eigenvalue weighted by Gasteiger charge is -2.20. The molecule has 142 valence electrons. The van der Waals surface area contributed by atoms with Gasteiger partial charge in [0.15, 0.2) is 5.65 Å². The van der Waals surface area contributed by atoms with Gasteiger partial charge in [-0.25, -0.2) is 9.50 Å². The number of rotatable bonds is 5. The van der Waals surface area contributed by atoms with E-state index in [4.69, 9.17) is 9.72 Å². The third-order valence-electron chi connectivity index (χ3n) is 4.50. The Morgan fingerprint density at radius 3 is 2.82 bits per heavy atom. The van der Waals surface area contributed by atoms with Crippen molar-refractivity contribution < 1.29 is 9.53 Å². The highest BCUT2D eigenvalue weighted by molar-refractivity contribution is 5.97. The van der Waals surface area contributed by atoms with Crippen molar-refractivity contribution in [2.24, 2.45) is 0 Å². The largest absolute Gasteiger partial charge is 0.497 e. The fourth-order valence-corrected chi connectivity index (χ4v) is 3.24. The predicted molar refractivity (Wildman–Crippen MR) is 110 cm³/mol. The van der Waals surface area contributed by atoms with Crippen molar-refractivity contribution in [1.82, 2.24) is 14.6 Å². The fourth-order valence-electron chi connectivity index (χ4n) is 3.24. The summed E-state index contributed by atoms with van der Waals surface area (Å²) in [4.78, 5) is 19.1. The average molecular weight is 375 g/mol. The first-order valence-electron chi connectivity index (χ1n) is 8.95. The first-order chi connectivity index (χ1) is 13.5. The van der Waals surface area contributed by atoms with Crippen LogP contribution >= 0.6 is 0 Å². The Balaban J connectivity index is 1.62. The Bertz CT molecular complexity index is 1170. The topological polar surface area (TPSA) is 71.8 Å². The minimum atomic E-state index is -0.133. The molecule has 7 heteroatoms. The molecular weight excluding hydrogens is 354 g/mol. The molecule has 7 nitrogen and oxygen atoms in total. The molecule has 0 aliphatic carbocycles. The molecule has 1 amide bonds. The Hall–Kier alpha value is -3.61. The molecule has 4 rings (SSSR count). The van der Waals surface area contributed by atoms with Crippen LogP contribution in [0.2, 0.25) is 0 Å². The number of carbonyl (C=O) groups excluding carboxylic acids is 1. The van der Waals surface area contributed by atoms with E-state index in [-0.39, 0.29) is 12.5 Å². The molecule has 0 spiro atoms. The first kappa shape index (κ1) is 17.8. The molecule has 1 N–H and O–H groups in total. The van der Waals surface area contributed by atoms with Crippen LogP contribution in [0, 0.1) is 6.92 Å².